The molecule has 1 N–H and O–H groups in total. The number of halogens is 1. The van der Waals surface area contributed by atoms with Crippen LogP contribution in [-0.2, 0) is 18.4 Å². The first kappa shape index (κ1) is 19.8. The van der Waals surface area contributed by atoms with Gasteiger partial charge >= 0.3 is 5.82 Å². The molecular formula is C17H14ClN7O4S. The van der Waals surface area contributed by atoms with Gasteiger partial charge in [0.1, 0.15) is 23.8 Å². The number of rotatable bonds is 5. The van der Waals surface area contributed by atoms with E-state index in [0.29, 0.717) is 22.9 Å². The normalized spacial score (nSPS) is 15.3. The summed E-state index contributed by atoms with van der Waals surface area (Å²) in [5, 5.41) is 22.0. The number of furan rings is 1. The molecule has 0 atom stereocenters. The van der Waals surface area contributed by atoms with Gasteiger partial charge in [0.2, 0.25) is 0 Å². The first-order valence-corrected chi connectivity index (χ1v) is 9.35. The Labute approximate surface area is 179 Å². The molecule has 4 heterocycles. The van der Waals surface area contributed by atoms with Crippen molar-refractivity contribution in [3.05, 3.63) is 62.6 Å². The van der Waals surface area contributed by atoms with E-state index >= 15 is 0 Å². The number of aryl methyl sites for hydroxylation is 2. The van der Waals surface area contributed by atoms with Crippen LogP contribution in [0.4, 0.5) is 11.5 Å². The van der Waals surface area contributed by atoms with Gasteiger partial charge in [-0.1, -0.05) is 11.6 Å². The number of nitro groups is 1. The smallest absolute Gasteiger partial charge is 0.408 e. The molecule has 1 aliphatic heterocycles. The van der Waals surface area contributed by atoms with Crippen molar-refractivity contribution in [3.63, 3.8) is 0 Å². The number of carbonyl (C=O) groups excluding carboxylic acids is 1. The number of aromatic nitrogens is 4. The highest BCUT2D eigenvalue weighted by Gasteiger charge is 2.34. The van der Waals surface area contributed by atoms with Gasteiger partial charge in [-0.25, -0.2) is 4.90 Å². The van der Waals surface area contributed by atoms with E-state index in [1.54, 1.807) is 37.0 Å². The molecule has 0 unspecified atom stereocenters. The topological polar surface area (TPSA) is 124 Å². The minimum atomic E-state index is -0.660. The maximum Gasteiger partial charge on any atom is 0.408 e. The van der Waals surface area contributed by atoms with E-state index in [1.165, 1.54) is 21.9 Å². The molecule has 1 amide bonds. The zero-order valence-corrected chi connectivity index (χ0v) is 17.3. The molecule has 1 aliphatic rings. The monoisotopic (exact) mass is 447 g/mol. The van der Waals surface area contributed by atoms with E-state index < -0.39 is 10.7 Å². The largest absolute Gasteiger partial charge is 0.460 e. The predicted molar refractivity (Wildman–Crippen MR) is 111 cm³/mol. The number of thiocarbonyl (C=S) groups is 1. The van der Waals surface area contributed by atoms with Crippen LogP contribution in [0.3, 0.4) is 0 Å². The van der Waals surface area contributed by atoms with Gasteiger partial charge in [0.15, 0.2) is 10.1 Å². The SMILES string of the molecule is Cc1nn(C)cc1N1C(=O)/C(=C\c2ccc(Cn3cc(Cl)c([N+](=O)[O-])n3)o2)NC1=S. The fraction of sp³-hybridized carbons (Fsp3) is 0.176. The second-order valence-corrected chi connectivity index (χ2v) is 7.26. The van der Waals surface area contributed by atoms with Gasteiger partial charge < -0.3 is 19.8 Å². The second kappa shape index (κ2) is 7.39. The van der Waals surface area contributed by atoms with Crippen LogP contribution in [0, 0.1) is 17.0 Å². The maximum atomic E-state index is 12.8. The molecule has 0 bridgehead atoms. The van der Waals surface area contributed by atoms with Crippen LogP contribution in [0.5, 0.6) is 0 Å². The molecule has 1 saturated heterocycles. The zero-order chi connectivity index (χ0) is 21.6. The summed E-state index contributed by atoms with van der Waals surface area (Å²) in [5.41, 5.74) is 1.52. The van der Waals surface area contributed by atoms with Crippen LogP contribution in [-0.4, -0.2) is 35.5 Å². The molecule has 13 heteroatoms. The fourth-order valence-corrected chi connectivity index (χ4v) is 3.52. The Morgan fingerprint density at radius 2 is 2.13 bits per heavy atom. The Kier molecular flexibility index (Phi) is 4.87. The number of anilines is 1. The average Bonchev–Trinajstić information content (AvgIpc) is 3.39. The minimum absolute atomic E-state index is 0.0612. The molecule has 30 heavy (non-hydrogen) atoms. The van der Waals surface area contributed by atoms with E-state index in [-0.39, 0.29) is 28.3 Å². The van der Waals surface area contributed by atoms with Gasteiger partial charge in [-0.3, -0.25) is 9.48 Å². The summed E-state index contributed by atoms with van der Waals surface area (Å²) in [6.07, 6.45) is 4.58. The molecule has 0 aliphatic carbocycles. The molecule has 3 aromatic heterocycles. The lowest BCUT2D eigenvalue weighted by atomic mass is 10.3. The molecule has 154 valence electrons. The van der Waals surface area contributed by atoms with Crippen LogP contribution in [0.25, 0.3) is 6.08 Å². The van der Waals surface area contributed by atoms with Crippen LogP contribution in [0.15, 0.2) is 34.6 Å². The van der Waals surface area contributed by atoms with Crippen LogP contribution in [0.2, 0.25) is 5.02 Å². The number of carbonyl (C=O) groups is 1. The van der Waals surface area contributed by atoms with Crippen molar-refractivity contribution in [2.75, 3.05) is 4.90 Å². The van der Waals surface area contributed by atoms with Gasteiger partial charge in [0, 0.05) is 19.3 Å². The first-order chi connectivity index (χ1) is 14.2. The number of amides is 1. The van der Waals surface area contributed by atoms with E-state index in [2.05, 4.69) is 15.5 Å². The fourth-order valence-electron chi connectivity index (χ4n) is 3.01. The molecule has 0 saturated carbocycles. The summed E-state index contributed by atoms with van der Waals surface area (Å²) in [7, 11) is 1.76. The van der Waals surface area contributed by atoms with Gasteiger partial charge in [-0.2, -0.15) is 9.78 Å². The molecule has 11 nitrogen and oxygen atoms in total. The number of nitrogens with one attached hydrogen (secondary N) is 1. The Morgan fingerprint density at radius 3 is 2.77 bits per heavy atom. The summed E-state index contributed by atoms with van der Waals surface area (Å²) in [4.78, 5) is 24.4. The molecule has 4 rings (SSSR count). The lowest BCUT2D eigenvalue weighted by molar-refractivity contribution is -0.389. The van der Waals surface area contributed by atoms with E-state index in [0.717, 1.165) is 0 Å². The highest BCUT2D eigenvalue weighted by Crippen LogP contribution is 2.26. The summed E-state index contributed by atoms with van der Waals surface area (Å²) < 4.78 is 8.60. The maximum absolute atomic E-state index is 12.8. The van der Waals surface area contributed by atoms with Gasteiger partial charge in [0.05, 0.1) is 22.7 Å². The zero-order valence-electron chi connectivity index (χ0n) is 15.7. The van der Waals surface area contributed by atoms with Crippen molar-refractivity contribution < 1.29 is 14.1 Å². The van der Waals surface area contributed by atoms with Crippen molar-refractivity contribution in [1.82, 2.24) is 24.9 Å². The van der Waals surface area contributed by atoms with Crippen molar-refractivity contribution in [3.8, 4) is 0 Å². The van der Waals surface area contributed by atoms with Crippen LogP contribution < -0.4 is 10.2 Å². The molecular weight excluding hydrogens is 434 g/mol. The Hall–Kier alpha value is -3.51. The predicted octanol–water partition coefficient (Wildman–Crippen LogP) is 2.39. The second-order valence-electron chi connectivity index (χ2n) is 6.46. The Bertz CT molecular complexity index is 1220. The van der Waals surface area contributed by atoms with E-state index in [4.69, 9.17) is 28.2 Å². The summed E-state index contributed by atoms with van der Waals surface area (Å²) in [6.45, 7) is 1.93. The first-order valence-electron chi connectivity index (χ1n) is 8.56. The van der Waals surface area contributed by atoms with Gasteiger partial charge in [-0.05, 0) is 36.2 Å². The minimum Gasteiger partial charge on any atom is -0.460 e. The lowest BCUT2D eigenvalue weighted by Crippen LogP contribution is -2.30. The number of nitrogens with zero attached hydrogens (tertiary/aromatic N) is 6. The lowest BCUT2D eigenvalue weighted by Gasteiger charge is -2.11. The number of hydrogen-bond acceptors (Lipinski definition) is 7. The Balaban J connectivity index is 1.53. The average molecular weight is 448 g/mol. The van der Waals surface area contributed by atoms with Crippen molar-refractivity contribution in [2.45, 2.75) is 13.5 Å². The molecule has 0 spiro atoms. The quantitative estimate of drug-likeness (QED) is 0.273. The molecule has 3 aromatic rings. The van der Waals surface area contributed by atoms with Crippen LogP contribution in [0.1, 0.15) is 17.2 Å². The van der Waals surface area contributed by atoms with Crippen molar-refractivity contribution >= 4 is 52.4 Å². The third-order valence-corrected chi connectivity index (χ3v) is 4.82. The third kappa shape index (κ3) is 3.57. The van der Waals surface area contributed by atoms with E-state index in [1.807, 2.05) is 0 Å². The van der Waals surface area contributed by atoms with Crippen molar-refractivity contribution in [1.29, 1.82) is 0 Å². The van der Waals surface area contributed by atoms with E-state index in [9.17, 15) is 14.9 Å². The summed E-state index contributed by atoms with van der Waals surface area (Å²) in [6, 6.07) is 3.34. The molecule has 0 radical (unpaired) electrons. The highest BCUT2D eigenvalue weighted by atomic mass is 35.5. The summed E-state index contributed by atoms with van der Waals surface area (Å²) in [5.74, 6) is 0.124. The number of hydrogen-bond donors (Lipinski definition) is 1. The summed E-state index contributed by atoms with van der Waals surface area (Å²) >= 11 is 11.1. The van der Waals surface area contributed by atoms with Gasteiger partial charge in [0.25, 0.3) is 5.91 Å². The van der Waals surface area contributed by atoms with Gasteiger partial charge in [-0.15, -0.1) is 0 Å². The van der Waals surface area contributed by atoms with Crippen molar-refractivity contribution in [2.24, 2.45) is 7.05 Å². The molecule has 0 aromatic carbocycles. The molecule has 1 fully saturated rings. The Morgan fingerprint density at radius 1 is 1.37 bits per heavy atom. The standard InChI is InChI=1S/C17H14ClN7O4S/c1-9-14(8-22(2)20-9)24-16(26)13(19-17(24)30)5-10-3-4-11(29-10)6-23-7-12(18)15(21-23)25(27)28/h3-5,7-8H,6H2,1-2H3,(H,19,30)/b13-5+. The third-order valence-electron chi connectivity index (χ3n) is 4.27. The van der Waals surface area contributed by atoms with Crippen LogP contribution >= 0.6 is 23.8 Å². The highest BCUT2D eigenvalue weighted by molar-refractivity contribution is 7.80.